The molecule has 0 saturated heterocycles. The standard InChI is InChI=1S/C22H26N2O2/c1-16(2)22(25)24(14-18-7-5-4-6-8-18)15-20-13-21(23-26-20)19-11-9-17(3)10-12-19/h4-12,16,20H,13-15H2,1-3H3/t20-/m1/s1. The van der Waals surface area contributed by atoms with Crippen LogP contribution in [0.1, 0.15) is 37.0 Å². The van der Waals surface area contributed by atoms with E-state index >= 15 is 0 Å². The molecule has 2 aromatic carbocycles. The Hall–Kier alpha value is -2.62. The van der Waals surface area contributed by atoms with E-state index in [0.29, 0.717) is 13.1 Å². The highest BCUT2D eigenvalue weighted by Crippen LogP contribution is 2.20. The zero-order valence-electron chi connectivity index (χ0n) is 15.7. The lowest BCUT2D eigenvalue weighted by Crippen LogP contribution is -2.39. The number of rotatable bonds is 6. The summed E-state index contributed by atoms with van der Waals surface area (Å²) in [4.78, 5) is 20.2. The van der Waals surface area contributed by atoms with Gasteiger partial charge >= 0.3 is 0 Å². The van der Waals surface area contributed by atoms with Crippen molar-refractivity contribution in [1.29, 1.82) is 0 Å². The molecule has 0 aromatic heterocycles. The molecule has 1 amide bonds. The molecule has 0 radical (unpaired) electrons. The second-order valence-electron chi connectivity index (χ2n) is 7.19. The molecule has 26 heavy (non-hydrogen) atoms. The predicted octanol–water partition coefficient (Wildman–Crippen LogP) is 4.17. The molecule has 0 saturated carbocycles. The maximum Gasteiger partial charge on any atom is 0.225 e. The zero-order valence-corrected chi connectivity index (χ0v) is 15.7. The number of hydrogen-bond acceptors (Lipinski definition) is 3. The minimum absolute atomic E-state index is 0.0439. The zero-order chi connectivity index (χ0) is 18.5. The van der Waals surface area contributed by atoms with Crippen molar-refractivity contribution in [2.24, 2.45) is 11.1 Å². The van der Waals surface area contributed by atoms with Crippen LogP contribution in [0.2, 0.25) is 0 Å². The number of carbonyl (C=O) groups is 1. The molecular formula is C22H26N2O2. The summed E-state index contributed by atoms with van der Waals surface area (Å²) < 4.78 is 0. The minimum atomic E-state index is -0.0993. The van der Waals surface area contributed by atoms with E-state index < -0.39 is 0 Å². The van der Waals surface area contributed by atoms with Crippen LogP contribution in [0.4, 0.5) is 0 Å². The van der Waals surface area contributed by atoms with Crippen LogP contribution in [0, 0.1) is 12.8 Å². The van der Waals surface area contributed by atoms with Gasteiger partial charge in [0.15, 0.2) is 6.10 Å². The molecule has 1 heterocycles. The summed E-state index contributed by atoms with van der Waals surface area (Å²) in [6, 6.07) is 18.4. The molecule has 0 N–H and O–H groups in total. The summed E-state index contributed by atoms with van der Waals surface area (Å²) in [7, 11) is 0. The molecule has 0 fully saturated rings. The fourth-order valence-electron chi connectivity index (χ4n) is 3.09. The summed E-state index contributed by atoms with van der Waals surface area (Å²) >= 11 is 0. The van der Waals surface area contributed by atoms with E-state index in [1.807, 2.05) is 49.1 Å². The van der Waals surface area contributed by atoms with Gasteiger partial charge in [0.25, 0.3) is 0 Å². The molecule has 0 unspecified atom stereocenters. The van der Waals surface area contributed by atoms with Crippen LogP contribution in [0.3, 0.4) is 0 Å². The normalized spacial score (nSPS) is 16.3. The lowest BCUT2D eigenvalue weighted by atomic mass is 10.0. The molecule has 0 bridgehead atoms. The largest absolute Gasteiger partial charge is 0.390 e. The van der Waals surface area contributed by atoms with Gasteiger partial charge in [-0.3, -0.25) is 4.79 Å². The van der Waals surface area contributed by atoms with Gasteiger partial charge in [0.05, 0.1) is 12.3 Å². The van der Waals surface area contributed by atoms with Gasteiger partial charge < -0.3 is 9.74 Å². The number of amides is 1. The lowest BCUT2D eigenvalue weighted by molar-refractivity contribution is -0.136. The smallest absolute Gasteiger partial charge is 0.225 e. The Labute approximate surface area is 155 Å². The first-order chi connectivity index (χ1) is 12.5. The van der Waals surface area contributed by atoms with E-state index in [2.05, 4.69) is 36.3 Å². The molecule has 2 aromatic rings. The lowest BCUT2D eigenvalue weighted by Gasteiger charge is -2.26. The highest BCUT2D eigenvalue weighted by atomic mass is 16.6. The third-order valence-electron chi connectivity index (χ3n) is 4.56. The van der Waals surface area contributed by atoms with Crippen LogP contribution in [0.25, 0.3) is 0 Å². The average molecular weight is 350 g/mol. The van der Waals surface area contributed by atoms with E-state index in [0.717, 1.165) is 23.3 Å². The van der Waals surface area contributed by atoms with Gasteiger partial charge in [-0.15, -0.1) is 0 Å². The predicted molar refractivity (Wildman–Crippen MR) is 104 cm³/mol. The summed E-state index contributed by atoms with van der Waals surface area (Å²) in [5, 5.41) is 4.26. The summed E-state index contributed by atoms with van der Waals surface area (Å²) in [6.07, 6.45) is 0.623. The quantitative estimate of drug-likeness (QED) is 0.784. The fourth-order valence-corrected chi connectivity index (χ4v) is 3.09. The van der Waals surface area contributed by atoms with Gasteiger partial charge in [-0.1, -0.05) is 79.2 Å². The minimum Gasteiger partial charge on any atom is -0.390 e. The van der Waals surface area contributed by atoms with Gasteiger partial charge in [-0.05, 0) is 18.1 Å². The summed E-state index contributed by atoms with van der Waals surface area (Å²) in [6.45, 7) is 7.08. The molecule has 3 rings (SSSR count). The van der Waals surface area contributed by atoms with Crippen molar-refractivity contribution < 1.29 is 9.63 Å². The first-order valence-corrected chi connectivity index (χ1v) is 9.15. The highest BCUT2D eigenvalue weighted by Gasteiger charge is 2.27. The first-order valence-electron chi connectivity index (χ1n) is 9.15. The molecule has 136 valence electrons. The molecular weight excluding hydrogens is 324 g/mol. The first kappa shape index (κ1) is 18.2. The number of benzene rings is 2. The second kappa shape index (κ2) is 8.17. The van der Waals surface area contributed by atoms with Crippen LogP contribution in [0.15, 0.2) is 59.8 Å². The summed E-state index contributed by atoms with van der Waals surface area (Å²) in [5.74, 6) is 0.0961. The van der Waals surface area contributed by atoms with Crippen LogP contribution < -0.4 is 0 Å². The molecule has 1 aliphatic heterocycles. The monoisotopic (exact) mass is 350 g/mol. The van der Waals surface area contributed by atoms with E-state index in [1.54, 1.807) is 0 Å². The van der Waals surface area contributed by atoms with Gasteiger partial charge in [-0.25, -0.2) is 0 Å². The highest BCUT2D eigenvalue weighted by molar-refractivity contribution is 6.01. The van der Waals surface area contributed by atoms with E-state index in [9.17, 15) is 4.79 Å². The average Bonchev–Trinajstić information content (AvgIpc) is 3.10. The fraction of sp³-hybridized carbons (Fsp3) is 0.364. The molecule has 4 nitrogen and oxygen atoms in total. The van der Waals surface area contributed by atoms with Crippen molar-refractivity contribution in [3.8, 4) is 0 Å². The van der Waals surface area contributed by atoms with Crippen LogP contribution in [0.5, 0.6) is 0 Å². The van der Waals surface area contributed by atoms with Crippen molar-refractivity contribution in [2.45, 2.75) is 39.8 Å². The van der Waals surface area contributed by atoms with Crippen LogP contribution >= 0.6 is 0 Å². The maximum absolute atomic E-state index is 12.7. The number of aryl methyl sites for hydroxylation is 1. The van der Waals surface area contributed by atoms with E-state index in [4.69, 9.17) is 4.84 Å². The van der Waals surface area contributed by atoms with Gasteiger partial charge in [0, 0.05) is 18.9 Å². The Bertz CT molecular complexity index is 766. The Balaban J connectivity index is 1.66. The summed E-state index contributed by atoms with van der Waals surface area (Å²) in [5.41, 5.74) is 4.38. The van der Waals surface area contributed by atoms with Crippen molar-refractivity contribution in [3.63, 3.8) is 0 Å². The van der Waals surface area contributed by atoms with E-state index in [-0.39, 0.29) is 17.9 Å². The SMILES string of the molecule is Cc1ccc(C2=NO[C@@H](CN(Cc3ccccc3)C(=O)C(C)C)C2)cc1. The van der Waals surface area contributed by atoms with Crippen molar-refractivity contribution in [1.82, 2.24) is 4.90 Å². The molecule has 4 heteroatoms. The van der Waals surface area contributed by atoms with Crippen molar-refractivity contribution in [2.75, 3.05) is 6.54 Å². The van der Waals surface area contributed by atoms with Crippen molar-refractivity contribution in [3.05, 3.63) is 71.3 Å². The topological polar surface area (TPSA) is 41.9 Å². The number of hydrogen-bond donors (Lipinski definition) is 0. The van der Waals surface area contributed by atoms with Crippen molar-refractivity contribution >= 4 is 11.6 Å². The molecule has 0 aliphatic carbocycles. The van der Waals surface area contributed by atoms with Gasteiger partial charge in [0.2, 0.25) is 5.91 Å². The third kappa shape index (κ3) is 4.51. The Kier molecular flexibility index (Phi) is 5.71. The number of oxime groups is 1. The molecule has 1 aliphatic rings. The van der Waals surface area contributed by atoms with Gasteiger partial charge in [-0.2, -0.15) is 0 Å². The Morgan fingerprint density at radius 2 is 1.85 bits per heavy atom. The van der Waals surface area contributed by atoms with Crippen LogP contribution in [-0.4, -0.2) is 29.2 Å². The third-order valence-corrected chi connectivity index (χ3v) is 4.56. The van der Waals surface area contributed by atoms with Crippen LogP contribution in [-0.2, 0) is 16.2 Å². The van der Waals surface area contributed by atoms with E-state index in [1.165, 1.54) is 5.56 Å². The Morgan fingerprint density at radius 1 is 1.15 bits per heavy atom. The Morgan fingerprint density at radius 3 is 2.50 bits per heavy atom. The van der Waals surface area contributed by atoms with Gasteiger partial charge in [0.1, 0.15) is 0 Å². The maximum atomic E-state index is 12.7. The number of carbonyl (C=O) groups excluding carboxylic acids is 1. The number of nitrogens with zero attached hydrogens (tertiary/aromatic N) is 2. The second-order valence-corrected chi connectivity index (χ2v) is 7.19. The molecule has 0 spiro atoms. The molecule has 1 atom stereocenters.